The van der Waals surface area contributed by atoms with E-state index in [0.29, 0.717) is 0 Å². The van der Waals surface area contributed by atoms with Crippen LogP contribution < -0.4 is 47.6 Å². The maximum absolute atomic E-state index is 2.42. The van der Waals surface area contributed by atoms with Crippen molar-refractivity contribution >= 4 is 26.5 Å². The Balaban J connectivity index is -0.00000110. The van der Waals surface area contributed by atoms with E-state index in [2.05, 4.69) is 81.7 Å². The largest absolute Gasteiger partial charge is 4.00 e. The summed E-state index contributed by atoms with van der Waals surface area (Å²) in [5.74, 6) is 0. The molecule has 0 bridgehead atoms. The molecule has 2 aromatic carbocycles. The molecule has 132 valence electrons. The van der Waals surface area contributed by atoms with Gasteiger partial charge in [-0.15, -0.1) is 0 Å². The number of rotatable bonds is 4. The second-order valence-electron chi connectivity index (χ2n) is 7.88. The van der Waals surface area contributed by atoms with E-state index in [1.807, 2.05) is 0 Å². The summed E-state index contributed by atoms with van der Waals surface area (Å²) in [7, 11) is -2.32. The van der Waals surface area contributed by atoms with Gasteiger partial charge in [0.2, 0.25) is 0 Å². The van der Waals surface area contributed by atoms with Crippen LogP contribution in [-0.2, 0) is 28.1 Å². The Morgan fingerprint density at radius 3 is 1.54 bits per heavy atom. The topological polar surface area (TPSA) is 0 Å². The van der Waals surface area contributed by atoms with E-state index < -0.39 is 16.1 Å². The average molecular weight is 454 g/mol. The van der Waals surface area contributed by atoms with Crippen LogP contribution in [0.15, 0.2) is 42.5 Å². The Bertz CT molecular complexity index is 582. The Kier molecular flexibility index (Phi) is 13.9. The van der Waals surface area contributed by atoms with Gasteiger partial charge in [0.25, 0.3) is 0 Å². The first kappa shape index (κ1) is 29.4. The molecule has 2 aromatic rings. The second kappa shape index (κ2) is 11.3. The minimum atomic E-state index is -1.16. The molecule has 6 heteroatoms. The first-order valence-corrected chi connectivity index (χ1v) is 14.5. The molecule has 24 heavy (non-hydrogen) atoms. The van der Waals surface area contributed by atoms with Crippen molar-refractivity contribution in [3.05, 3.63) is 53.6 Å². The van der Waals surface area contributed by atoms with Gasteiger partial charge in [-0.05, 0) is 6.42 Å². The minimum absolute atomic E-state index is 0. The van der Waals surface area contributed by atoms with E-state index in [1.165, 1.54) is 11.1 Å². The van der Waals surface area contributed by atoms with Crippen LogP contribution >= 0.6 is 0 Å². The normalized spacial score (nSPS) is 10.6. The molecule has 0 fully saturated rings. The van der Waals surface area contributed by atoms with Crippen molar-refractivity contribution in [1.29, 1.82) is 0 Å². The van der Waals surface area contributed by atoms with Gasteiger partial charge in [-0.25, -0.2) is 11.3 Å². The zero-order valence-corrected chi connectivity index (χ0v) is 21.2. The average Bonchev–Trinajstić information content (AvgIpc) is 2.77. The third-order valence-corrected chi connectivity index (χ3v) is 8.02. The van der Waals surface area contributed by atoms with Gasteiger partial charge in [-0.3, -0.25) is 0 Å². The van der Waals surface area contributed by atoms with Crippen LogP contribution in [0.2, 0.25) is 39.3 Å². The summed E-state index contributed by atoms with van der Waals surface area (Å²) in [4.78, 5) is 0. The van der Waals surface area contributed by atoms with Crippen molar-refractivity contribution < 1.29 is 58.9 Å². The predicted molar refractivity (Wildman–Crippen MR) is 97.2 cm³/mol. The Hall–Kier alpha value is 0.588. The molecule has 2 rings (SSSR count). The Labute approximate surface area is 183 Å². The maximum atomic E-state index is 2.42. The van der Waals surface area contributed by atoms with Crippen molar-refractivity contribution in [2.24, 2.45) is 0 Å². The summed E-state index contributed by atoms with van der Waals surface area (Å²) in [5, 5.41) is 3.12. The molecule has 0 aliphatic heterocycles. The van der Waals surface area contributed by atoms with Crippen LogP contribution in [0.5, 0.6) is 0 Å². The fourth-order valence-corrected chi connectivity index (χ4v) is 4.80. The van der Waals surface area contributed by atoms with Crippen LogP contribution in [0.25, 0.3) is 0 Å². The fraction of sp³-hybridized carbons (Fsp3) is 0.389. The molecular weight excluding hydrogens is 427 g/mol. The molecule has 0 saturated carbocycles. The molecule has 0 N–H and O–H groups in total. The van der Waals surface area contributed by atoms with Crippen molar-refractivity contribution in [2.45, 2.75) is 45.7 Å². The van der Waals surface area contributed by atoms with Gasteiger partial charge < -0.3 is 37.2 Å². The van der Waals surface area contributed by atoms with Gasteiger partial charge in [-0.2, -0.15) is 17.7 Å². The third-order valence-electron chi connectivity index (χ3n) is 3.91. The van der Waals surface area contributed by atoms with Gasteiger partial charge in [0.05, 0.1) is 8.07 Å². The summed E-state index contributed by atoms with van der Waals surface area (Å²) >= 11 is 0. The third kappa shape index (κ3) is 8.31. The molecule has 0 saturated heterocycles. The fourth-order valence-electron chi connectivity index (χ4n) is 2.43. The first-order valence-electron chi connectivity index (χ1n) is 7.52. The summed E-state index contributed by atoms with van der Waals surface area (Å²) in [5.41, 5.74) is 2.89. The predicted octanol–water partition coefficient (Wildman–Crippen LogP) is -4.90. The maximum Gasteiger partial charge on any atom is 4.00 e. The number of hydrogen-bond acceptors (Lipinski definition) is 0. The molecule has 0 unspecified atom stereocenters. The smallest absolute Gasteiger partial charge is 1.00 e. The summed E-state index contributed by atoms with van der Waals surface area (Å²) < 4.78 is 0. The summed E-state index contributed by atoms with van der Waals surface area (Å²) in [6, 6.07) is 16.4. The quantitative estimate of drug-likeness (QED) is 0.322. The van der Waals surface area contributed by atoms with Gasteiger partial charge in [0, 0.05) is 8.07 Å². The molecule has 0 amide bonds. The minimum Gasteiger partial charge on any atom is -1.00 e. The molecule has 0 aliphatic rings. The SMILES string of the molecule is C[Si](C)(C)c1ccc(C[c-]2ccc([Si](C)(C)C)c2)cc1.[Cl-].[Cl-].[Cl-].[Ti+4]. The first-order chi connectivity index (χ1) is 9.16. The van der Waals surface area contributed by atoms with Crippen molar-refractivity contribution in [2.75, 3.05) is 0 Å². The monoisotopic (exact) mass is 452 g/mol. The Morgan fingerprint density at radius 1 is 0.708 bits per heavy atom. The molecular formula is C18H27Cl3Si2Ti. The molecule has 0 atom stereocenters. The van der Waals surface area contributed by atoms with Gasteiger partial charge in [0.1, 0.15) is 0 Å². The number of benzene rings is 1. The van der Waals surface area contributed by atoms with Crippen LogP contribution in [0, 0.1) is 0 Å². The molecule has 0 aromatic heterocycles. The van der Waals surface area contributed by atoms with Crippen molar-refractivity contribution in [1.82, 2.24) is 0 Å². The summed E-state index contributed by atoms with van der Waals surface area (Å²) in [6.07, 6.45) is 1.07. The summed E-state index contributed by atoms with van der Waals surface area (Å²) in [6.45, 7) is 14.4. The number of hydrogen-bond donors (Lipinski definition) is 0. The molecule has 0 heterocycles. The molecule has 0 spiro atoms. The Morgan fingerprint density at radius 2 is 1.17 bits per heavy atom. The molecule has 0 radical (unpaired) electrons. The standard InChI is InChI=1S/C18H27Si2.3ClH.Ti/c1-19(2,3)17-10-7-15(8-11-17)13-16-9-12-18(14-16)20(4,5)6;;;;/h7-12,14H,13H2,1-6H3;3*1H;/q-1;;;;+4/p-3. The zero-order valence-electron chi connectivity index (χ0n) is 15.4. The van der Waals surface area contributed by atoms with Gasteiger partial charge in [-0.1, -0.05) is 74.3 Å². The molecule has 0 aliphatic carbocycles. The van der Waals surface area contributed by atoms with Crippen molar-refractivity contribution in [3.63, 3.8) is 0 Å². The van der Waals surface area contributed by atoms with E-state index in [4.69, 9.17) is 0 Å². The van der Waals surface area contributed by atoms with E-state index in [0.717, 1.165) is 6.42 Å². The van der Waals surface area contributed by atoms with Crippen LogP contribution in [-0.4, -0.2) is 16.1 Å². The second-order valence-corrected chi connectivity index (χ2v) is 18.0. The van der Waals surface area contributed by atoms with Crippen molar-refractivity contribution in [3.8, 4) is 0 Å². The number of halogens is 3. The van der Waals surface area contributed by atoms with Crippen LogP contribution in [0.4, 0.5) is 0 Å². The van der Waals surface area contributed by atoms with Crippen LogP contribution in [0.3, 0.4) is 0 Å². The zero-order chi connectivity index (χ0) is 15.0. The van der Waals surface area contributed by atoms with E-state index in [9.17, 15) is 0 Å². The van der Waals surface area contributed by atoms with E-state index in [1.54, 1.807) is 10.4 Å². The van der Waals surface area contributed by atoms with Crippen LogP contribution in [0.1, 0.15) is 11.1 Å². The van der Waals surface area contributed by atoms with E-state index >= 15 is 0 Å². The van der Waals surface area contributed by atoms with E-state index in [-0.39, 0.29) is 58.9 Å². The molecule has 0 nitrogen and oxygen atoms in total. The van der Waals surface area contributed by atoms with Gasteiger partial charge >= 0.3 is 21.7 Å². The van der Waals surface area contributed by atoms with Gasteiger partial charge in [0.15, 0.2) is 0 Å².